The van der Waals surface area contributed by atoms with E-state index < -0.39 is 5.69 Å². The SMILES string of the molecule is CCn1c(OCc2ncc(C)s2)nc2c1c(=O)n(CCCOC1CCCCO1)c(=O)n2C. The van der Waals surface area contributed by atoms with Gasteiger partial charge in [0.05, 0.1) is 6.61 Å². The lowest BCUT2D eigenvalue weighted by Gasteiger charge is -2.22. The van der Waals surface area contributed by atoms with Crippen LogP contribution < -0.4 is 16.0 Å². The molecule has 0 aliphatic carbocycles. The van der Waals surface area contributed by atoms with E-state index in [1.807, 2.05) is 13.8 Å². The number of hydrogen-bond acceptors (Lipinski definition) is 8. The van der Waals surface area contributed by atoms with Crippen molar-refractivity contribution in [3.63, 3.8) is 0 Å². The highest BCUT2D eigenvalue weighted by Crippen LogP contribution is 2.20. The maximum Gasteiger partial charge on any atom is 0.332 e. The molecular weight excluding hydrogens is 434 g/mol. The third kappa shape index (κ3) is 4.64. The molecule has 4 heterocycles. The van der Waals surface area contributed by atoms with Gasteiger partial charge in [-0.25, -0.2) is 9.78 Å². The van der Waals surface area contributed by atoms with Crippen LogP contribution in [0.25, 0.3) is 11.2 Å². The molecule has 0 amide bonds. The van der Waals surface area contributed by atoms with Crippen molar-refractivity contribution in [3.8, 4) is 6.01 Å². The van der Waals surface area contributed by atoms with Gasteiger partial charge in [0.15, 0.2) is 17.5 Å². The molecule has 174 valence electrons. The third-order valence-electron chi connectivity index (χ3n) is 5.48. The van der Waals surface area contributed by atoms with E-state index in [2.05, 4.69) is 9.97 Å². The van der Waals surface area contributed by atoms with Gasteiger partial charge in [-0.05, 0) is 39.5 Å². The average Bonchev–Trinajstić information content (AvgIpc) is 3.39. The molecule has 1 aliphatic heterocycles. The van der Waals surface area contributed by atoms with Crippen LogP contribution in [0.2, 0.25) is 0 Å². The predicted octanol–water partition coefficient (Wildman–Crippen LogP) is 2.19. The second-order valence-corrected chi connectivity index (χ2v) is 9.10. The number of aromatic nitrogens is 5. The molecule has 0 N–H and O–H groups in total. The summed E-state index contributed by atoms with van der Waals surface area (Å²) >= 11 is 1.54. The Labute approximate surface area is 189 Å². The van der Waals surface area contributed by atoms with Gasteiger partial charge in [-0.2, -0.15) is 4.98 Å². The molecule has 0 radical (unpaired) electrons. The summed E-state index contributed by atoms with van der Waals surface area (Å²) in [5.74, 6) is 0. The quantitative estimate of drug-likeness (QED) is 0.448. The molecule has 0 saturated carbocycles. The van der Waals surface area contributed by atoms with E-state index in [9.17, 15) is 9.59 Å². The molecule has 1 fully saturated rings. The van der Waals surface area contributed by atoms with E-state index in [4.69, 9.17) is 14.2 Å². The Hall–Kier alpha value is -2.50. The van der Waals surface area contributed by atoms with Gasteiger partial charge in [-0.15, -0.1) is 11.3 Å². The fourth-order valence-corrected chi connectivity index (χ4v) is 4.53. The highest BCUT2D eigenvalue weighted by atomic mass is 32.1. The molecule has 11 heteroatoms. The summed E-state index contributed by atoms with van der Waals surface area (Å²) in [6.07, 6.45) is 5.17. The molecule has 1 atom stereocenters. The standard InChI is InChI=1S/C21H29N5O5S/c1-4-25-17-18(23-20(25)31-13-15-22-12-14(2)32-15)24(3)21(28)26(19(17)27)9-7-11-30-16-8-5-6-10-29-16/h12,16H,4-11,13H2,1-3H3. The molecule has 1 saturated heterocycles. The Balaban J connectivity index is 1.54. The zero-order chi connectivity index (χ0) is 22.7. The van der Waals surface area contributed by atoms with Gasteiger partial charge in [0.25, 0.3) is 11.6 Å². The highest BCUT2D eigenvalue weighted by Gasteiger charge is 2.21. The average molecular weight is 464 g/mol. The number of hydrogen-bond donors (Lipinski definition) is 0. The molecule has 0 spiro atoms. The predicted molar refractivity (Wildman–Crippen MR) is 120 cm³/mol. The molecule has 0 aromatic carbocycles. The normalized spacial score (nSPS) is 16.7. The van der Waals surface area contributed by atoms with E-state index in [1.165, 1.54) is 9.13 Å². The molecule has 1 aliphatic rings. The Bertz CT molecular complexity index is 1190. The lowest BCUT2D eigenvalue weighted by molar-refractivity contribution is -0.163. The molecule has 3 aromatic heterocycles. The van der Waals surface area contributed by atoms with Crippen molar-refractivity contribution in [2.75, 3.05) is 13.2 Å². The summed E-state index contributed by atoms with van der Waals surface area (Å²) in [6.45, 7) is 6.03. The van der Waals surface area contributed by atoms with Crippen LogP contribution in [0.1, 0.15) is 42.5 Å². The van der Waals surface area contributed by atoms with E-state index in [1.54, 1.807) is 29.1 Å². The molecule has 10 nitrogen and oxygen atoms in total. The van der Waals surface area contributed by atoms with Gasteiger partial charge in [-0.1, -0.05) is 0 Å². The molecule has 3 aromatic rings. The minimum Gasteiger partial charge on any atom is -0.457 e. The number of aryl methyl sites for hydroxylation is 3. The van der Waals surface area contributed by atoms with Crippen LogP contribution in [0.3, 0.4) is 0 Å². The highest BCUT2D eigenvalue weighted by molar-refractivity contribution is 7.11. The van der Waals surface area contributed by atoms with Crippen LogP contribution in [-0.2, 0) is 36.2 Å². The van der Waals surface area contributed by atoms with E-state index >= 15 is 0 Å². The minimum atomic E-state index is -0.403. The summed E-state index contributed by atoms with van der Waals surface area (Å²) in [4.78, 5) is 35.9. The number of nitrogens with zero attached hydrogens (tertiary/aromatic N) is 5. The van der Waals surface area contributed by atoms with Crippen LogP contribution in [0.4, 0.5) is 0 Å². The lowest BCUT2D eigenvalue weighted by atomic mass is 10.2. The second kappa shape index (κ2) is 9.97. The monoisotopic (exact) mass is 463 g/mol. The van der Waals surface area contributed by atoms with Crippen LogP contribution in [0.15, 0.2) is 15.8 Å². The van der Waals surface area contributed by atoms with Crippen LogP contribution >= 0.6 is 11.3 Å². The molecule has 1 unspecified atom stereocenters. The number of rotatable bonds is 9. The molecule has 4 rings (SSSR count). The first-order valence-corrected chi connectivity index (χ1v) is 11.8. The van der Waals surface area contributed by atoms with E-state index in [-0.39, 0.29) is 25.0 Å². The van der Waals surface area contributed by atoms with Crippen molar-refractivity contribution in [1.29, 1.82) is 0 Å². The second-order valence-electron chi connectivity index (χ2n) is 7.78. The lowest BCUT2D eigenvalue weighted by Crippen LogP contribution is -2.40. The fourth-order valence-electron chi connectivity index (χ4n) is 3.83. The first-order chi connectivity index (χ1) is 15.5. The van der Waals surface area contributed by atoms with E-state index in [0.717, 1.165) is 35.8 Å². The van der Waals surface area contributed by atoms with Crippen LogP contribution in [0.5, 0.6) is 6.01 Å². The zero-order valence-corrected chi connectivity index (χ0v) is 19.5. The van der Waals surface area contributed by atoms with Gasteiger partial charge in [0.1, 0.15) is 11.6 Å². The number of imidazole rings is 1. The Morgan fingerprint density at radius 3 is 2.81 bits per heavy atom. The van der Waals surface area contributed by atoms with Gasteiger partial charge in [0.2, 0.25) is 0 Å². The van der Waals surface area contributed by atoms with Crippen molar-refractivity contribution < 1.29 is 14.2 Å². The van der Waals surface area contributed by atoms with Gasteiger partial charge < -0.3 is 14.2 Å². The summed E-state index contributed by atoms with van der Waals surface area (Å²) < 4.78 is 21.5. The Morgan fingerprint density at radius 1 is 1.28 bits per heavy atom. The number of ether oxygens (including phenoxy) is 3. The summed E-state index contributed by atoms with van der Waals surface area (Å²) in [5, 5.41) is 0.824. The molecule has 32 heavy (non-hydrogen) atoms. The first-order valence-electron chi connectivity index (χ1n) is 11.0. The van der Waals surface area contributed by atoms with Crippen molar-refractivity contribution in [1.82, 2.24) is 23.7 Å². The van der Waals surface area contributed by atoms with Crippen LogP contribution in [-0.4, -0.2) is 43.2 Å². The maximum absolute atomic E-state index is 13.2. The van der Waals surface area contributed by atoms with Gasteiger partial charge in [0, 0.05) is 37.8 Å². The third-order valence-corrected chi connectivity index (χ3v) is 6.36. The fraction of sp³-hybridized carbons (Fsp3) is 0.619. The number of thiazole rings is 1. The van der Waals surface area contributed by atoms with Crippen molar-refractivity contribution >= 4 is 22.5 Å². The van der Waals surface area contributed by atoms with Crippen molar-refractivity contribution in [2.45, 2.75) is 65.5 Å². The van der Waals surface area contributed by atoms with Crippen LogP contribution in [0, 0.1) is 6.92 Å². The van der Waals surface area contributed by atoms with Gasteiger partial charge in [-0.3, -0.25) is 18.5 Å². The zero-order valence-electron chi connectivity index (χ0n) is 18.7. The van der Waals surface area contributed by atoms with E-state index in [0.29, 0.717) is 36.7 Å². The first kappa shape index (κ1) is 22.7. The summed E-state index contributed by atoms with van der Waals surface area (Å²) in [6, 6.07) is 0.304. The Morgan fingerprint density at radius 2 is 2.12 bits per heavy atom. The Kier molecular flexibility index (Phi) is 7.07. The minimum absolute atomic E-state index is 0.186. The summed E-state index contributed by atoms with van der Waals surface area (Å²) in [5.41, 5.74) is -0.0997. The summed E-state index contributed by atoms with van der Waals surface area (Å²) in [7, 11) is 1.62. The van der Waals surface area contributed by atoms with Gasteiger partial charge >= 0.3 is 5.69 Å². The number of fused-ring (bicyclic) bond motifs is 1. The van der Waals surface area contributed by atoms with Crippen molar-refractivity contribution in [3.05, 3.63) is 36.9 Å². The smallest absolute Gasteiger partial charge is 0.332 e. The molecular formula is C21H29N5O5S. The largest absolute Gasteiger partial charge is 0.457 e. The maximum atomic E-state index is 13.2. The topological polar surface area (TPSA) is 102 Å². The molecule has 0 bridgehead atoms. The van der Waals surface area contributed by atoms with Crippen molar-refractivity contribution in [2.24, 2.45) is 7.05 Å².